The standard InChI is InChI=1S/C18H19NO3/c1-11(19(2)3)15-9-12(21-4)10-16-17(15)13-7-5-6-8-14(13)18(20)22-16/h5-11H,1-4H3/t11-/m1/s1. The van der Waals surface area contributed by atoms with Crippen LogP contribution in [0, 0.1) is 0 Å². The first-order valence-electron chi connectivity index (χ1n) is 7.23. The van der Waals surface area contributed by atoms with E-state index in [1.54, 1.807) is 19.2 Å². The van der Waals surface area contributed by atoms with Crippen molar-refractivity contribution >= 4 is 21.7 Å². The van der Waals surface area contributed by atoms with E-state index in [1.807, 2.05) is 38.4 Å². The van der Waals surface area contributed by atoms with Crippen molar-refractivity contribution in [2.75, 3.05) is 21.2 Å². The fourth-order valence-electron chi connectivity index (χ4n) is 2.74. The lowest BCUT2D eigenvalue weighted by Crippen LogP contribution is -2.17. The molecule has 4 nitrogen and oxygen atoms in total. The molecule has 3 aromatic rings. The first kappa shape index (κ1) is 14.6. The van der Waals surface area contributed by atoms with E-state index in [-0.39, 0.29) is 11.7 Å². The molecule has 0 fully saturated rings. The molecular formula is C18H19NO3. The van der Waals surface area contributed by atoms with Crippen LogP contribution in [0.4, 0.5) is 0 Å². The number of hydrogen-bond donors (Lipinski definition) is 0. The Morgan fingerprint density at radius 3 is 2.45 bits per heavy atom. The molecule has 0 saturated carbocycles. The van der Waals surface area contributed by atoms with Crippen molar-refractivity contribution in [3.8, 4) is 5.75 Å². The van der Waals surface area contributed by atoms with Crippen LogP contribution in [0.25, 0.3) is 21.7 Å². The van der Waals surface area contributed by atoms with Gasteiger partial charge >= 0.3 is 5.63 Å². The number of methoxy groups -OCH3 is 1. The number of rotatable bonds is 3. The maximum absolute atomic E-state index is 12.2. The summed E-state index contributed by atoms with van der Waals surface area (Å²) in [5, 5.41) is 2.49. The molecule has 4 heteroatoms. The van der Waals surface area contributed by atoms with E-state index < -0.39 is 0 Å². The second-order valence-electron chi connectivity index (χ2n) is 5.66. The summed E-state index contributed by atoms with van der Waals surface area (Å²) in [6.07, 6.45) is 0. The van der Waals surface area contributed by atoms with Gasteiger partial charge in [-0.2, -0.15) is 0 Å². The quantitative estimate of drug-likeness (QED) is 0.547. The van der Waals surface area contributed by atoms with E-state index in [1.165, 1.54) is 0 Å². The number of hydrogen-bond acceptors (Lipinski definition) is 4. The molecule has 0 spiro atoms. The minimum atomic E-state index is -0.320. The minimum Gasteiger partial charge on any atom is -0.497 e. The lowest BCUT2D eigenvalue weighted by molar-refractivity contribution is 0.321. The average Bonchev–Trinajstić information content (AvgIpc) is 2.53. The van der Waals surface area contributed by atoms with Gasteiger partial charge in [-0.15, -0.1) is 0 Å². The Hall–Kier alpha value is -2.33. The van der Waals surface area contributed by atoms with Crippen LogP contribution < -0.4 is 10.4 Å². The molecule has 0 bridgehead atoms. The summed E-state index contributed by atoms with van der Waals surface area (Å²) < 4.78 is 10.9. The van der Waals surface area contributed by atoms with Crippen molar-refractivity contribution in [2.45, 2.75) is 13.0 Å². The molecule has 0 N–H and O–H groups in total. The van der Waals surface area contributed by atoms with E-state index in [2.05, 4.69) is 11.8 Å². The summed E-state index contributed by atoms with van der Waals surface area (Å²) in [5.74, 6) is 0.689. The smallest absolute Gasteiger partial charge is 0.344 e. The Morgan fingerprint density at radius 1 is 1.14 bits per heavy atom. The molecule has 0 aliphatic rings. The monoisotopic (exact) mass is 297 g/mol. The average molecular weight is 297 g/mol. The zero-order valence-corrected chi connectivity index (χ0v) is 13.2. The Kier molecular flexibility index (Phi) is 3.62. The topological polar surface area (TPSA) is 42.7 Å². The molecule has 0 aliphatic heterocycles. The lowest BCUT2D eigenvalue weighted by Gasteiger charge is -2.22. The molecule has 0 radical (unpaired) electrons. The molecule has 0 unspecified atom stereocenters. The van der Waals surface area contributed by atoms with Crippen molar-refractivity contribution in [1.82, 2.24) is 4.90 Å². The predicted molar refractivity (Wildman–Crippen MR) is 88.6 cm³/mol. The fourth-order valence-corrected chi connectivity index (χ4v) is 2.74. The van der Waals surface area contributed by atoms with Crippen molar-refractivity contribution < 1.29 is 9.15 Å². The molecule has 114 valence electrons. The maximum atomic E-state index is 12.2. The van der Waals surface area contributed by atoms with Crippen LogP contribution in [0.2, 0.25) is 0 Å². The molecule has 3 rings (SSSR count). The summed E-state index contributed by atoms with van der Waals surface area (Å²) in [6, 6.07) is 11.5. The predicted octanol–water partition coefficient (Wildman–Crippen LogP) is 3.58. The number of ether oxygens (including phenoxy) is 1. The summed E-state index contributed by atoms with van der Waals surface area (Å²) >= 11 is 0. The SMILES string of the molecule is COc1cc([C@@H](C)N(C)C)c2c(c1)oc(=O)c1ccccc12. The normalized spacial score (nSPS) is 13.0. The molecule has 22 heavy (non-hydrogen) atoms. The fraction of sp³-hybridized carbons (Fsp3) is 0.278. The largest absolute Gasteiger partial charge is 0.497 e. The molecule has 0 amide bonds. The highest BCUT2D eigenvalue weighted by Crippen LogP contribution is 2.34. The molecule has 0 aliphatic carbocycles. The van der Waals surface area contributed by atoms with Gasteiger partial charge in [0, 0.05) is 22.9 Å². The second kappa shape index (κ2) is 5.46. The van der Waals surface area contributed by atoms with Gasteiger partial charge in [0.2, 0.25) is 0 Å². The van der Waals surface area contributed by atoms with Gasteiger partial charge in [0.1, 0.15) is 11.3 Å². The van der Waals surface area contributed by atoms with Gasteiger partial charge < -0.3 is 14.1 Å². The Morgan fingerprint density at radius 2 is 1.82 bits per heavy atom. The van der Waals surface area contributed by atoms with Gasteiger partial charge in [0.25, 0.3) is 0 Å². The van der Waals surface area contributed by atoms with Crippen molar-refractivity contribution in [1.29, 1.82) is 0 Å². The zero-order chi connectivity index (χ0) is 15.9. The van der Waals surface area contributed by atoms with Crippen LogP contribution in [-0.4, -0.2) is 26.1 Å². The molecule has 2 aromatic carbocycles. The summed E-state index contributed by atoms with van der Waals surface area (Å²) in [4.78, 5) is 14.3. The van der Waals surface area contributed by atoms with Gasteiger partial charge in [-0.25, -0.2) is 4.79 Å². The summed E-state index contributed by atoms with van der Waals surface area (Å²) in [6.45, 7) is 2.12. The van der Waals surface area contributed by atoms with Crippen molar-refractivity contribution in [3.05, 3.63) is 52.4 Å². The number of benzene rings is 2. The van der Waals surface area contributed by atoms with Gasteiger partial charge in [-0.1, -0.05) is 18.2 Å². The number of nitrogens with zero attached hydrogens (tertiary/aromatic N) is 1. The van der Waals surface area contributed by atoms with E-state index >= 15 is 0 Å². The van der Waals surface area contributed by atoms with Crippen LogP contribution in [0.15, 0.2) is 45.6 Å². The van der Waals surface area contributed by atoms with E-state index in [9.17, 15) is 4.79 Å². The zero-order valence-electron chi connectivity index (χ0n) is 13.2. The first-order chi connectivity index (χ1) is 10.5. The highest BCUT2D eigenvalue weighted by atomic mass is 16.5. The third-order valence-electron chi connectivity index (χ3n) is 4.19. The third kappa shape index (κ3) is 2.25. The van der Waals surface area contributed by atoms with Crippen molar-refractivity contribution in [3.63, 3.8) is 0 Å². The third-order valence-corrected chi connectivity index (χ3v) is 4.19. The van der Waals surface area contributed by atoms with Gasteiger partial charge in [0.15, 0.2) is 0 Å². The maximum Gasteiger partial charge on any atom is 0.344 e. The van der Waals surface area contributed by atoms with Gasteiger partial charge in [-0.05, 0) is 38.7 Å². The van der Waals surface area contributed by atoms with Gasteiger partial charge in [-0.3, -0.25) is 0 Å². The lowest BCUT2D eigenvalue weighted by atomic mass is 9.97. The second-order valence-corrected chi connectivity index (χ2v) is 5.66. The Bertz CT molecular complexity index is 896. The van der Waals surface area contributed by atoms with Gasteiger partial charge in [0.05, 0.1) is 12.5 Å². The van der Waals surface area contributed by atoms with Crippen LogP contribution in [0.1, 0.15) is 18.5 Å². The Labute approximate surface area is 128 Å². The molecule has 1 heterocycles. The highest BCUT2D eigenvalue weighted by Gasteiger charge is 2.18. The van der Waals surface area contributed by atoms with Crippen molar-refractivity contribution in [2.24, 2.45) is 0 Å². The summed E-state index contributed by atoms with van der Waals surface area (Å²) in [7, 11) is 5.67. The highest BCUT2D eigenvalue weighted by molar-refractivity contribution is 6.06. The number of fused-ring (bicyclic) bond motifs is 3. The van der Waals surface area contributed by atoms with Crippen LogP contribution in [0.5, 0.6) is 5.75 Å². The van der Waals surface area contributed by atoms with Crippen LogP contribution >= 0.6 is 0 Å². The molecule has 1 atom stereocenters. The molecule has 0 saturated heterocycles. The molecular weight excluding hydrogens is 278 g/mol. The van der Waals surface area contributed by atoms with E-state index in [0.717, 1.165) is 16.3 Å². The molecule has 1 aromatic heterocycles. The van der Waals surface area contributed by atoms with Crippen LogP contribution in [0.3, 0.4) is 0 Å². The minimum absolute atomic E-state index is 0.161. The first-order valence-corrected chi connectivity index (χ1v) is 7.23. The van der Waals surface area contributed by atoms with E-state index in [4.69, 9.17) is 9.15 Å². The van der Waals surface area contributed by atoms with E-state index in [0.29, 0.717) is 16.7 Å². The van der Waals surface area contributed by atoms with Crippen LogP contribution in [-0.2, 0) is 0 Å². The Balaban J connectivity index is 2.51. The summed E-state index contributed by atoms with van der Waals surface area (Å²) in [5.41, 5.74) is 1.32.